The summed E-state index contributed by atoms with van der Waals surface area (Å²) in [5, 5.41) is 3.38. The molecule has 1 atom stereocenters. The van der Waals surface area contributed by atoms with Crippen molar-refractivity contribution in [2.24, 2.45) is 5.92 Å². The molecule has 1 N–H and O–H groups in total. The van der Waals surface area contributed by atoms with Crippen LogP contribution < -0.4 is 5.32 Å². The predicted molar refractivity (Wildman–Crippen MR) is 64.7 cm³/mol. The molecule has 94 valence electrons. The Balaban J connectivity index is 2.41. The van der Waals surface area contributed by atoms with Gasteiger partial charge in [0.1, 0.15) is 11.6 Å². The lowest BCUT2D eigenvalue weighted by molar-refractivity contribution is 0.299. The summed E-state index contributed by atoms with van der Waals surface area (Å²) in [6.45, 7) is 5.10. The first kappa shape index (κ1) is 12.5. The Hall–Kier alpha value is -0.960. The maximum Gasteiger partial charge on any atom is 0.128 e. The molecule has 1 aliphatic rings. The van der Waals surface area contributed by atoms with Gasteiger partial charge in [0.15, 0.2) is 0 Å². The topological polar surface area (TPSA) is 12.0 Å². The molecule has 1 saturated heterocycles. The third kappa shape index (κ3) is 2.49. The van der Waals surface area contributed by atoms with E-state index in [4.69, 9.17) is 0 Å². The predicted octanol–water partition coefficient (Wildman–Crippen LogP) is 3.59. The van der Waals surface area contributed by atoms with Gasteiger partial charge in [0.25, 0.3) is 0 Å². The van der Waals surface area contributed by atoms with Crippen LogP contribution in [0.4, 0.5) is 8.78 Å². The van der Waals surface area contributed by atoms with E-state index in [1.54, 1.807) is 0 Å². The second kappa shape index (κ2) is 4.73. The highest BCUT2D eigenvalue weighted by atomic mass is 19.1. The van der Waals surface area contributed by atoms with Crippen molar-refractivity contribution in [3.8, 4) is 0 Å². The van der Waals surface area contributed by atoms with Gasteiger partial charge < -0.3 is 5.32 Å². The molecule has 0 aromatic heterocycles. The average Bonchev–Trinajstić information content (AvgIpc) is 2.70. The van der Waals surface area contributed by atoms with Gasteiger partial charge in [0.2, 0.25) is 0 Å². The van der Waals surface area contributed by atoms with Crippen LogP contribution in [0.15, 0.2) is 18.2 Å². The van der Waals surface area contributed by atoms with Crippen LogP contribution in [0.1, 0.15) is 38.7 Å². The zero-order valence-electron chi connectivity index (χ0n) is 10.4. The third-order valence-corrected chi connectivity index (χ3v) is 3.44. The highest BCUT2D eigenvalue weighted by molar-refractivity contribution is 5.28. The largest absolute Gasteiger partial charge is 0.307 e. The number of benzene rings is 1. The number of hydrogen-bond donors (Lipinski definition) is 1. The van der Waals surface area contributed by atoms with Crippen molar-refractivity contribution in [3.63, 3.8) is 0 Å². The minimum Gasteiger partial charge on any atom is -0.307 e. The summed E-state index contributed by atoms with van der Waals surface area (Å²) in [5.41, 5.74) is 0.115. The molecular weight excluding hydrogens is 220 g/mol. The molecule has 0 saturated carbocycles. The van der Waals surface area contributed by atoms with Gasteiger partial charge in [-0.1, -0.05) is 13.8 Å². The molecule has 1 aromatic rings. The Morgan fingerprint density at radius 2 is 2.12 bits per heavy atom. The number of rotatable bonds is 3. The van der Waals surface area contributed by atoms with Crippen LogP contribution in [0, 0.1) is 17.6 Å². The lowest BCUT2D eigenvalue weighted by atomic mass is 9.81. The van der Waals surface area contributed by atoms with Gasteiger partial charge in [0, 0.05) is 11.1 Å². The number of hydrogen-bond acceptors (Lipinski definition) is 1. The summed E-state index contributed by atoms with van der Waals surface area (Å²) in [4.78, 5) is 0. The lowest BCUT2D eigenvalue weighted by Crippen LogP contribution is -2.39. The molecule has 1 unspecified atom stereocenters. The fourth-order valence-corrected chi connectivity index (χ4v) is 2.88. The monoisotopic (exact) mass is 239 g/mol. The molecule has 3 heteroatoms. The first-order chi connectivity index (χ1) is 8.03. The Kier molecular flexibility index (Phi) is 3.48. The van der Waals surface area contributed by atoms with Crippen LogP contribution in [-0.4, -0.2) is 6.54 Å². The van der Waals surface area contributed by atoms with Crippen LogP contribution in [0.2, 0.25) is 0 Å². The quantitative estimate of drug-likeness (QED) is 0.850. The van der Waals surface area contributed by atoms with Gasteiger partial charge >= 0.3 is 0 Å². The Labute approximate surface area is 101 Å². The van der Waals surface area contributed by atoms with Crippen molar-refractivity contribution in [1.82, 2.24) is 5.32 Å². The molecule has 1 nitrogen and oxygen atoms in total. The SMILES string of the molecule is CC(C)CC1(c2cc(F)ccc2F)CCCN1. The molecule has 0 bridgehead atoms. The van der Waals surface area contributed by atoms with Crippen molar-refractivity contribution in [1.29, 1.82) is 0 Å². The molecule has 0 spiro atoms. The molecule has 1 aromatic carbocycles. The molecular formula is C14H19F2N. The molecule has 2 rings (SSSR count). The lowest BCUT2D eigenvalue weighted by Gasteiger charge is -2.32. The molecule has 0 aliphatic carbocycles. The van der Waals surface area contributed by atoms with Gasteiger partial charge in [-0.3, -0.25) is 0 Å². The maximum absolute atomic E-state index is 13.9. The molecule has 1 heterocycles. The Bertz CT molecular complexity index is 395. The Morgan fingerprint density at radius 1 is 1.35 bits per heavy atom. The van der Waals surface area contributed by atoms with Gasteiger partial charge in [-0.25, -0.2) is 8.78 Å². The second-order valence-electron chi connectivity index (χ2n) is 5.33. The fraction of sp³-hybridized carbons (Fsp3) is 0.571. The van der Waals surface area contributed by atoms with Gasteiger partial charge in [-0.05, 0) is 49.9 Å². The van der Waals surface area contributed by atoms with E-state index in [0.717, 1.165) is 25.8 Å². The fourth-order valence-electron chi connectivity index (χ4n) is 2.88. The summed E-state index contributed by atoms with van der Waals surface area (Å²) >= 11 is 0. The van der Waals surface area contributed by atoms with E-state index in [1.165, 1.54) is 18.2 Å². The second-order valence-corrected chi connectivity index (χ2v) is 5.33. The first-order valence-corrected chi connectivity index (χ1v) is 6.24. The highest BCUT2D eigenvalue weighted by Crippen LogP contribution is 2.38. The van der Waals surface area contributed by atoms with Crippen molar-refractivity contribution < 1.29 is 8.78 Å². The molecule has 1 fully saturated rings. The molecule has 1 aliphatic heterocycles. The van der Waals surface area contributed by atoms with E-state index in [2.05, 4.69) is 19.2 Å². The van der Waals surface area contributed by atoms with E-state index in [1.807, 2.05) is 0 Å². The van der Waals surface area contributed by atoms with Crippen LogP contribution in [0.25, 0.3) is 0 Å². The zero-order chi connectivity index (χ0) is 12.5. The number of nitrogens with one attached hydrogen (secondary N) is 1. The average molecular weight is 239 g/mol. The normalized spacial score (nSPS) is 24.5. The summed E-state index contributed by atoms with van der Waals surface area (Å²) in [6, 6.07) is 3.75. The highest BCUT2D eigenvalue weighted by Gasteiger charge is 2.37. The smallest absolute Gasteiger partial charge is 0.128 e. The van der Waals surface area contributed by atoms with Crippen LogP contribution in [0.3, 0.4) is 0 Å². The van der Waals surface area contributed by atoms with Gasteiger partial charge in [-0.2, -0.15) is 0 Å². The van der Waals surface area contributed by atoms with Gasteiger partial charge in [0.05, 0.1) is 0 Å². The first-order valence-electron chi connectivity index (χ1n) is 6.24. The maximum atomic E-state index is 13.9. The van der Waals surface area contributed by atoms with E-state index >= 15 is 0 Å². The van der Waals surface area contributed by atoms with E-state index in [-0.39, 0.29) is 17.2 Å². The van der Waals surface area contributed by atoms with Crippen molar-refractivity contribution in [3.05, 3.63) is 35.4 Å². The Morgan fingerprint density at radius 3 is 2.71 bits per heavy atom. The summed E-state index contributed by atoms with van der Waals surface area (Å²) in [5.74, 6) is -0.219. The summed E-state index contributed by atoms with van der Waals surface area (Å²) in [7, 11) is 0. The van der Waals surface area contributed by atoms with Crippen molar-refractivity contribution in [2.45, 2.75) is 38.6 Å². The van der Waals surface area contributed by atoms with Crippen molar-refractivity contribution >= 4 is 0 Å². The summed E-state index contributed by atoms with van der Waals surface area (Å²) < 4.78 is 27.2. The van der Waals surface area contributed by atoms with E-state index in [9.17, 15) is 8.78 Å². The van der Waals surface area contributed by atoms with Crippen LogP contribution in [-0.2, 0) is 5.54 Å². The minimum absolute atomic E-state index is 0.304. The van der Waals surface area contributed by atoms with E-state index in [0.29, 0.717) is 11.5 Å². The number of halogens is 2. The van der Waals surface area contributed by atoms with Crippen molar-refractivity contribution in [2.75, 3.05) is 6.54 Å². The standard InChI is InChI=1S/C14H19F2N/c1-10(2)9-14(6-3-7-17-14)12-8-11(15)4-5-13(12)16/h4-5,8,10,17H,3,6-7,9H2,1-2H3. The minimum atomic E-state index is -0.375. The van der Waals surface area contributed by atoms with Crippen LogP contribution >= 0.6 is 0 Å². The third-order valence-electron chi connectivity index (χ3n) is 3.44. The molecule has 0 radical (unpaired) electrons. The van der Waals surface area contributed by atoms with E-state index < -0.39 is 0 Å². The summed E-state index contributed by atoms with van der Waals surface area (Å²) in [6.07, 6.45) is 2.74. The molecule has 17 heavy (non-hydrogen) atoms. The van der Waals surface area contributed by atoms with Crippen LogP contribution in [0.5, 0.6) is 0 Å². The van der Waals surface area contributed by atoms with Gasteiger partial charge in [-0.15, -0.1) is 0 Å². The zero-order valence-corrected chi connectivity index (χ0v) is 10.4. The molecule has 0 amide bonds.